The number of methoxy groups -OCH3 is 1. The summed E-state index contributed by atoms with van der Waals surface area (Å²) in [5, 5.41) is 3.37. The van der Waals surface area contributed by atoms with E-state index in [1.54, 1.807) is 19.5 Å². The van der Waals surface area contributed by atoms with Crippen molar-refractivity contribution in [1.82, 2.24) is 10.3 Å². The summed E-state index contributed by atoms with van der Waals surface area (Å²) >= 11 is 0. The normalized spacial score (nSPS) is 12.2. The molecule has 0 aliphatic carbocycles. The molecule has 0 radical (unpaired) electrons. The van der Waals surface area contributed by atoms with E-state index in [0.717, 1.165) is 24.2 Å². The molecule has 0 spiro atoms. The van der Waals surface area contributed by atoms with Gasteiger partial charge in [0.15, 0.2) is 0 Å². The number of hydrogen-bond donors (Lipinski definition) is 1. The van der Waals surface area contributed by atoms with E-state index in [0.29, 0.717) is 0 Å². The number of ether oxygens (including phenoxy) is 1. The maximum atomic E-state index is 5.42. The molecule has 3 nitrogen and oxygen atoms in total. The third-order valence-corrected chi connectivity index (χ3v) is 3.46. The van der Waals surface area contributed by atoms with E-state index < -0.39 is 0 Å². The fraction of sp³-hybridized carbons (Fsp3) is 0.353. The van der Waals surface area contributed by atoms with Crippen molar-refractivity contribution in [2.45, 2.75) is 25.8 Å². The molecular weight excluding hydrogens is 248 g/mol. The van der Waals surface area contributed by atoms with Gasteiger partial charge in [0.05, 0.1) is 19.3 Å². The van der Waals surface area contributed by atoms with Crippen molar-refractivity contribution >= 4 is 0 Å². The van der Waals surface area contributed by atoms with Crippen LogP contribution in [0.4, 0.5) is 0 Å². The first-order chi connectivity index (χ1) is 9.80. The van der Waals surface area contributed by atoms with Gasteiger partial charge >= 0.3 is 0 Å². The Morgan fingerprint density at radius 2 is 2.15 bits per heavy atom. The van der Waals surface area contributed by atoms with E-state index in [1.807, 2.05) is 13.1 Å². The fourth-order valence-electron chi connectivity index (χ4n) is 2.52. The molecule has 1 atom stereocenters. The maximum absolute atomic E-state index is 5.42. The highest BCUT2D eigenvalue weighted by Gasteiger charge is 2.16. The number of aromatic nitrogens is 1. The lowest BCUT2D eigenvalue weighted by molar-refractivity contribution is 0.403. The van der Waals surface area contributed by atoms with Gasteiger partial charge in [0, 0.05) is 11.8 Å². The Kier molecular flexibility index (Phi) is 5.13. The summed E-state index contributed by atoms with van der Waals surface area (Å²) in [6, 6.07) is 10.9. The van der Waals surface area contributed by atoms with E-state index in [2.05, 4.69) is 41.5 Å². The molecule has 2 aromatic rings. The highest BCUT2D eigenvalue weighted by atomic mass is 16.5. The van der Waals surface area contributed by atoms with Crippen LogP contribution in [0.15, 0.2) is 42.7 Å². The van der Waals surface area contributed by atoms with Crippen LogP contribution in [-0.2, 0) is 6.42 Å². The number of pyridine rings is 1. The first kappa shape index (κ1) is 14.5. The summed E-state index contributed by atoms with van der Waals surface area (Å²) in [4.78, 5) is 4.12. The van der Waals surface area contributed by atoms with Crippen LogP contribution in [0.1, 0.15) is 36.1 Å². The Balaban J connectivity index is 2.39. The van der Waals surface area contributed by atoms with Crippen LogP contribution in [0.25, 0.3) is 0 Å². The average Bonchev–Trinajstić information content (AvgIpc) is 2.49. The van der Waals surface area contributed by atoms with Crippen molar-refractivity contribution in [3.63, 3.8) is 0 Å². The van der Waals surface area contributed by atoms with Crippen molar-refractivity contribution in [3.05, 3.63) is 59.4 Å². The molecular formula is C17H22N2O. The smallest absolute Gasteiger partial charge is 0.142 e. The maximum Gasteiger partial charge on any atom is 0.142 e. The number of hydrogen-bond acceptors (Lipinski definition) is 3. The molecule has 106 valence electrons. The minimum Gasteiger partial charge on any atom is -0.495 e. The Morgan fingerprint density at radius 1 is 1.30 bits per heavy atom. The second-order valence-corrected chi connectivity index (χ2v) is 4.83. The molecule has 1 heterocycles. The minimum absolute atomic E-state index is 0.116. The topological polar surface area (TPSA) is 34.2 Å². The zero-order valence-electron chi connectivity index (χ0n) is 12.4. The molecule has 1 unspecified atom stereocenters. The molecule has 2 rings (SSSR count). The highest BCUT2D eigenvalue weighted by Crippen LogP contribution is 2.29. The summed E-state index contributed by atoms with van der Waals surface area (Å²) < 4.78 is 5.42. The van der Waals surface area contributed by atoms with Crippen LogP contribution in [0, 0.1) is 0 Å². The summed E-state index contributed by atoms with van der Waals surface area (Å²) in [7, 11) is 3.65. The molecule has 1 aromatic heterocycles. The Hall–Kier alpha value is -1.87. The molecule has 20 heavy (non-hydrogen) atoms. The number of nitrogens with one attached hydrogen (secondary N) is 1. The quantitative estimate of drug-likeness (QED) is 0.874. The molecule has 3 heteroatoms. The Morgan fingerprint density at radius 3 is 2.85 bits per heavy atom. The van der Waals surface area contributed by atoms with Crippen molar-refractivity contribution < 1.29 is 4.74 Å². The molecule has 1 N–H and O–H groups in total. The van der Waals surface area contributed by atoms with Crippen LogP contribution >= 0.6 is 0 Å². The zero-order chi connectivity index (χ0) is 14.4. The fourth-order valence-corrected chi connectivity index (χ4v) is 2.52. The SMILES string of the molecule is CCCc1cccc(C(NC)c2ccncc2OC)c1. The monoisotopic (exact) mass is 270 g/mol. The van der Waals surface area contributed by atoms with E-state index in [1.165, 1.54) is 11.1 Å². The van der Waals surface area contributed by atoms with Crippen molar-refractivity contribution in [2.75, 3.05) is 14.2 Å². The third-order valence-electron chi connectivity index (χ3n) is 3.46. The Bertz CT molecular complexity index is 554. The predicted molar refractivity (Wildman–Crippen MR) is 82.1 cm³/mol. The van der Waals surface area contributed by atoms with E-state index in [4.69, 9.17) is 4.74 Å². The predicted octanol–water partition coefficient (Wildman–Crippen LogP) is 3.35. The lowest BCUT2D eigenvalue weighted by Crippen LogP contribution is -2.18. The minimum atomic E-state index is 0.116. The van der Waals surface area contributed by atoms with Crippen molar-refractivity contribution in [1.29, 1.82) is 0 Å². The number of rotatable bonds is 6. The van der Waals surface area contributed by atoms with Crippen LogP contribution in [0.3, 0.4) is 0 Å². The molecule has 0 saturated heterocycles. The first-order valence-corrected chi connectivity index (χ1v) is 7.04. The van der Waals surface area contributed by atoms with E-state index >= 15 is 0 Å². The van der Waals surface area contributed by atoms with Crippen LogP contribution in [0.5, 0.6) is 5.75 Å². The standard InChI is InChI=1S/C17H22N2O/c1-4-6-13-7-5-8-14(11-13)17(18-2)15-9-10-19-12-16(15)20-3/h5,7-12,17-18H,4,6H2,1-3H3. The zero-order valence-corrected chi connectivity index (χ0v) is 12.4. The summed E-state index contributed by atoms with van der Waals surface area (Å²) in [5.41, 5.74) is 3.74. The molecule has 0 bridgehead atoms. The van der Waals surface area contributed by atoms with Crippen LogP contribution in [-0.4, -0.2) is 19.1 Å². The summed E-state index contributed by atoms with van der Waals surface area (Å²) in [6.07, 6.45) is 5.83. The molecule has 0 saturated carbocycles. The average molecular weight is 270 g/mol. The second kappa shape index (κ2) is 7.06. The van der Waals surface area contributed by atoms with E-state index in [-0.39, 0.29) is 6.04 Å². The van der Waals surface area contributed by atoms with Gasteiger partial charge in [0.1, 0.15) is 5.75 Å². The molecule has 0 fully saturated rings. The van der Waals surface area contributed by atoms with Gasteiger partial charge in [-0.05, 0) is 30.7 Å². The van der Waals surface area contributed by atoms with Gasteiger partial charge in [0.2, 0.25) is 0 Å². The summed E-state index contributed by atoms with van der Waals surface area (Å²) in [5.74, 6) is 0.813. The lowest BCUT2D eigenvalue weighted by atomic mass is 9.96. The van der Waals surface area contributed by atoms with Gasteiger partial charge in [-0.15, -0.1) is 0 Å². The molecule has 0 aliphatic rings. The van der Waals surface area contributed by atoms with Gasteiger partial charge in [-0.3, -0.25) is 4.98 Å². The third kappa shape index (κ3) is 3.17. The van der Waals surface area contributed by atoms with Crippen LogP contribution in [0.2, 0.25) is 0 Å². The lowest BCUT2D eigenvalue weighted by Gasteiger charge is -2.20. The number of aryl methyl sites for hydroxylation is 1. The van der Waals surface area contributed by atoms with Gasteiger partial charge < -0.3 is 10.1 Å². The summed E-state index contributed by atoms with van der Waals surface area (Å²) in [6.45, 7) is 2.20. The molecule has 0 amide bonds. The molecule has 1 aromatic carbocycles. The molecule has 0 aliphatic heterocycles. The number of nitrogens with zero attached hydrogens (tertiary/aromatic N) is 1. The first-order valence-electron chi connectivity index (χ1n) is 7.04. The largest absolute Gasteiger partial charge is 0.495 e. The van der Waals surface area contributed by atoms with Gasteiger partial charge in [-0.2, -0.15) is 0 Å². The Labute approximate surface area is 121 Å². The number of benzene rings is 1. The van der Waals surface area contributed by atoms with Gasteiger partial charge in [-0.1, -0.05) is 37.6 Å². The van der Waals surface area contributed by atoms with Gasteiger partial charge in [0.25, 0.3) is 0 Å². The van der Waals surface area contributed by atoms with Gasteiger partial charge in [-0.25, -0.2) is 0 Å². The van der Waals surface area contributed by atoms with Crippen LogP contribution < -0.4 is 10.1 Å². The highest BCUT2D eigenvalue weighted by molar-refractivity contribution is 5.40. The second-order valence-electron chi connectivity index (χ2n) is 4.83. The van der Waals surface area contributed by atoms with Crippen molar-refractivity contribution in [2.24, 2.45) is 0 Å². The van der Waals surface area contributed by atoms with E-state index in [9.17, 15) is 0 Å². The van der Waals surface area contributed by atoms with Crippen molar-refractivity contribution in [3.8, 4) is 5.75 Å².